The summed E-state index contributed by atoms with van der Waals surface area (Å²) in [5.74, 6) is 0.576. The molecule has 0 spiro atoms. The highest BCUT2D eigenvalue weighted by atomic mass is 32.2. The molecule has 0 heterocycles. The highest BCUT2D eigenvalue weighted by Crippen LogP contribution is 2.24. The van der Waals surface area contributed by atoms with Crippen LogP contribution >= 0.6 is 11.9 Å². The van der Waals surface area contributed by atoms with Crippen LogP contribution in [0.2, 0.25) is 0 Å². The topological polar surface area (TPSA) is 50.1 Å². The van der Waals surface area contributed by atoms with Crippen molar-refractivity contribution in [2.24, 2.45) is 11.7 Å². The molecule has 0 amide bonds. The lowest BCUT2D eigenvalue weighted by Crippen LogP contribution is -2.42. The summed E-state index contributed by atoms with van der Waals surface area (Å²) in [6, 6.07) is 9.20. The van der Waals surface area contributed by atoms with Crippen molar-refractivity contribution in [3.8, 4) is 0 Å². The van der Waals surface area contributed by atoms with Gasteiger partial charge in [0.1, 0.15) is 0 Å². The minimum atomic E-state index is 0.217. The Labute approximate surface area is 134 Å². The summed E-state index contributed by atoms with van der Waals surface area (Å²) in [5.41, 5.74) is 7.33. The van der Waals surface area contributed by atoms with Crippen molar-refractivity contribution in [3.05, 3.63) is 29.8 Å². The van der Waals surface area contributed by atoms with E-state index < -0.39 is 0 Å². The van der Waals surface area contributed by atoms with Crippen molar-refractivity contribution in [1.82, 2.24) is 10.0 Å². The van der Waals surface area contributed by atoms with Gasteiger partial charge in [0.25, 0.3) is 0 Å². The maximum Gasteiger partial charge on any atom is 0.0228 e. The van der Waals surface area contributed by atoms with Gasteiger partial charge in [0.05, 0.1) is 0 Å². The van der Waals surface area contributed by atoms with Gasteiger partial charge in [-0.25, -0.2) is 0 Å². The highest BCUT2D eigenvalue weighted by molar-refractivity contribution is 7.97. The molecule has 1 rings (SSSR count). The van der Waals surface area contributed by atoms with Gasteiger partial charge in [-0.3, -0.25) is 4.72 Å². The molecule has 1 aromatic carbocycles. The monoisotopic (exact) mass is 309 g/mol. The first kappa shape index (κ1) is 18.5. The molecule has 0 saturated heterocycles. The van der Waals surface area contributed by atoms with Crippen LogP contribution in [0.15, 0.2) is 29.2 Å². The molecule has 1 unspecified atom stereocenters. The van der Waals surface area contributed by atoms with Crippen LogP contribution in [0.1, 0.15) is 40.2 Å². The Hall–Kier alpha value is -0.550. The zero-order valence-electron chi connectivity index (χ0n) is 14.1. The van der Waals surface area contributed by atoms with Crippen LogP contribution in [0, 0.1) is 5.92 Å². The summed E-state index contributed by atoms with van der Waals surface area (Å²) < 4.78 is 3.39. The first-order valence-corrected chi connectivity index (χ1v) is 8.60. The number of nitrogens with two attached hydrogens (primary N) is 1. The number of nitrogens with one attached hydrogen (secondary N) is 2. The van der Waals surface area contributed by atoms with Crippen LogP contribution < -0.4 is 15.8 Å². The second-order valence-electron chi connectivity index (χ2n) is 6.81. The van der Waals surface area contributed by atoms with Gasteiger partial charge in [-0.15, -0.1) is 0 Å². The fourth-order valence-corrected chi connectivity index (χ4v) is 2.70. The number of benzene rings is 1. The van der Waals surface area contributed by atoms with Crippen LogP contribution in [0.5, 0.6) is 0 Å². The molecule has 21 heavy (non-hydrogen) atoms. The normalized spacial score (nSPS) is 13.7. The second kappa shape index (κ2) is 8.79. The molecule has 3 nitrogen and oxygen atoms in total. The maximum atomic E-state index is 5.74. The average molecular weight is 310 g/mol. The van der Waals surface area contributed by atoms with E-state index in [-0.39, 0.29) is 5.41 Å². The number of hydrogen-bond acceptors (Lipinski definition) is 4. The van der Waals surface area contributed by atoms with Gasteiger partial charge in [0.2, 0.25) is 0 Å². The fourth-order valence-electron chi connectivity index (χ4n) is 2.06. The number of hydrogen-bond donors (Lipinski definition) is 3. The molecule has 4 heteroatoms. The van der Waals surface area contributed by atoms with Gasteiger partial charge in [-0.1, -0.05) is 46.8 Å². The molecule has 1 atom stereocenters. The van der Waals surface area contributed by atoms with E-state index in [1.54, 1.807) is 11.9 Å². The van der Waals surface area contributed by atoms with Gasteiger partial charge in [-0.2, -0.15) is 0 Å². The minimum absolute atomic E-state index is 0.217. The Morgan fingerprint density at radius 3 is 2.19 bits per heavy atom. The Balaban J connectivity index is 2.27. The summed E-state index contributed by atoms with van der Waals surface area (Å²) in [6.45, 7) is 13.7. The zero-order valence-corrected chi connectivity index (χ0v) is 14.9. The van der Waals surface area contributed by atoms with Crippen molar-refractivity contribution in [3.63, 3.8) is 0 Å². The third kappa shape index (κ3) is 6.83. The summed E-state index contributed by atoms with van der Waals surface area (Å²) in [5, 5.41) is 3.48. The lowest BCUT2D eigenvalue weighted by Gasteiger charge is -2.20. The van der Waals surface area contributed by atoms with E-state index in [0.29, 0.717) is 18.5 Å². The van der Waals surface area contributed by atoms with Crippen molar-refractivity contribution >= 4 is 11.9 Å². The van der Waals surface area contributed by atoms with E-state index >= 15 is 0 Å². The van der Waals surface area contributed by atoms with Crippen LogP contribution in [0.25, 0.3) is 0 Å². The van der Waals surface area contributed by atoms with Crippen LogP contribution in [-0.2, 0) is 5.41 Å². The van der Waals surface area contributed by atoms with E-state index in [4.69, 9.17) is 5.73 Å². The molecule has 0 saturated carbocycles. The Bertz CT molecular complexity index is 395. The van der Waals surface area contributed by atoms with Crippen molar-refractivity contribution < 1.29 is 0 Å². The molecule has 0 fully saturated rings. The summed E-state index contributed by atoms with van der Waals surface area (Å²) >= 11 is 1.69. The average Bonchev–Trinajstić information content (AvgIpc) is 2.42. The lowest BCUT2D eigenvalue weighted by molar-refractivity contribution is 0.409. The van der Waals surface area contributed by atoms with Crippen LogP contribution in [0.3, 0.4) is 0 Å². The maximum absolute atomic E-state index is 5.74. The van der Waals surface area contributed by atoms with E-state index in [9.17, 15) is 0 Å². The first-order chi connectivity index (χ1) is 9.84. The molecule has 0 bridgehead atoms. The van der Waals surface area contributed by atoms with Crippen molar-refractivity contribution in [2.45, 2.75) is 51.0 Å². The summed E-state index contributed by atoms with van der Waals surface area (Å²) in [6.07, 6.45) is 0. The van der Waals surface area contributed by atoms with Gasteiger partial charge in [-0.05, 0) is 41.0 Å². The molecule has 1 aromatic rings. The van der Waals surface area contributed by atoms with Crippen molar-refractivity contribution in [2.75, 3.05) is 19.6 Å². The SMILES string of the molecule is CC(C)C(CN)NCCNSc1ccc(C(C)(C)C)cc1. The molecule has 0 aliphatic rings. The Kier molecular flexibility index (Phi) is 7.74. The lowest BCUT2D eigenvalue weighted by atomic mass is 9.87. The zero-order chi connectivity index (χ0) is 15.9. The van der Waals surface area contributed by atoms with E-state index in [1.807, 2.05) is 0 Å². The molecular formula is C17H31N3S. The third-order valence-corrected chi connectivity index (χ3v) is 4.46. The molecule has 4 N–H and O–H groups in total. The molecule has 120 valence electrons. The smallest absolute Gasteiger partial charge is 0.0228 e. The predicted octanol–water partition coefficient (Wildman–Crippen LogP) is 3.15. The standard InChI is InChI=1S/C17H31N3S/c1-13(2)16(12-18)19-10-11-20-21-15-8-6-14(7-9-15)17(3,4)5/h6-9,13,16,19-20H,10-12,18H2,1-5H3. The Morgan fingerprint density at radius 1 is 1.10 bits per heavy atom. The largest absolute Gasteiger partial charge is 0.329 e. The molecule has 0 aliphatic heterocycles. The van der Waals surface area contributed by atoms with Crippen molar-refractivity contribution in [1.29, 1.82) is 0 Å². The Morgan fingerprint density at radius 2 is 1.71 bits per heavy atom. The predicted molar refractivity (Wildman–Crippen MR) is 94.7 cm³/mol. The summed E-state index contributed by atoms with van der Waals surface area (Å²) in [4.78, 5) is 1.25. The number of rotatable bonds is 8. The first-order valence-electron chi connectivity index (χ1n) is 7.78. The van der Waals surface area contributed by atoms with E-state index in [1.165, 1.54) is 10.5 Å². The van der Waals surface area contributed by atoms with E-state index in [0.717, 1.165) is 13.1 Å². The van der Waals surface area contributed by atoms with Gasteiger partial charge < -0.3 is 11.1 Å². The molecule has 0 aromatic heterocycles. The minimum Gasteiger partial charge on any atom is -0.329 e. The van der Waals surface area contributed by atoms with Gasteiger partial charge in [0.15, 0.2) is 0 Å². The summed E-state index contributed by atoms with van der Waals surface area (Å²) in [7, 11) is 0. The fraction of sp³-hybridized carbons (Fsp3) is 0.647. The highest BCUT2D eigenvalue weighted by Gasteiger charge is 2.13. The second-order valence-corrected chi connectivity index (χ2v) is 7.78. The van der Waals surface area contributed by atoms with Crippen LogP contribution in [-0.4, -0.2) is 25.7 Å². The van der Waals surface area contributed by atoms with Gasteiger partial charge >= 0.3 is 0 Å². The molecule has 0 aliphatic carbocycles. The quantitative estimate of drug-likeness (QED) is 0.510. The van der Waals surface area contributed by atoms with Crippen LogP contribution in [0.4, 0.5) is 0 Å². The molecular weight excluding hydrogens is 278 g/mol. The third-order valence-electron chi connectivity index (χ3n) is 3.60. The molecule has 0 radical (unpaired) electrons. The van der Waals surface area contributed by atoms with E-state index in [2.05, 4.69) is 68.9 Å². The van der Waals surface area contributed by atoms with Gasteiger partial charge in [0, 0.05) is 30.6 Å².